The maximum Gasteiger partial charge on any atom is 0.282 e. The first kappa shape index (κ1) is 8.85. The molecule has 0 aromatic carbocycles. The number of hydrogen-bond acceptors (Lipinski definition) is 3. The molecule has 1 heterocycles. The van der Waals surface area contributed by atoms with Crippen LogP contribution in [0.4, 0.5) is 0 Å². The minimum Gasteiger partial charge on any atom is -0.457 e. The van der Waals surface area contributed by atoms with E-state index in [0.29, 0.717) is 6.02 Å². The third-order valence-electron chi connectivity index (χ3n) is 3.56. The normalized spacial score (nSPS) is 44.6. The van der Waals surface area contributed by atoms with Crippen molar-refractivity contribution in [1.82, 2.24) is 0 Å². The van der Waals surface area contributed by atoms with Gasteiger partial charge in [-0.25, -0.2) is 4.99 Å². The Kier molecular flexibility index (Phi) is 1.97. The molecule has 0 bridgehead atoms. The molecule has 1 saturated carbocycles. The molecule has 0 aromatic rings. The van der Waals surface area contributed by atoms with Gasteiger partial charge in [-0.05, 0) is 31.1 Å². The second-order valence-corrected chi connectivity index (χ2v) is 4.64. The number of nitrogens with two attached hydrogens (primary N) is 1. The molecule has 1 fully saturated rings. The fourth-order valence-electron chi connectivity index (χ4n) is 2.41. The smallest absolute Gasteiger partial charge is 0.282 e. The first-order valence-corrected chi connectivity index (χ1v) is 5.10. The predicted octanol–water partition coefficient (Wildman–Crippen LogP) is 1.53. The first-order valence-electron chi connectivity index (χ1n) is 5.10. The van der Waals surface area contributed by atoms with Crippen molar-refractivity contribution in [3.63, 3.8) is 0 Å². The van der Waals surface area contributed by atoms with Gasteiger partial charge in [-0.3, -0.25) is 0 Å². The summed E-state index contributed by atoms with van der Waals surface area (Å²) in [4.78, 5) is 4.14. The summed E-state index contributed by atoms with van der Waals surface area (Å²) in [6.07, 6.45) is 3.46. The SMILES string of the molecule is CC1CCC2(CN=C(N)O2)CC1C. The number of nitrogens with zero attached hydrogens (tertiary/aromatic N) is 1. The molecule has 0 saturated heterocycles. The van der Waals surface area contributed by atoms with Crippen LogP contribution in [0.25, 0.3) is 0 Å². The zero-order valence-electron chi connectivity index (χ0n) is 8.42. The minimum atomic E-state index is -0.0317. The molecule has 3 unspecified atom stereocenters. The fourth-order valence-corrected chi connectivity index (χ4v) is 2.41. The van der Waals surface area contributed by atoms with Gasteiger partial charge >= 0.3 is 0 Å². The second kappa shape index (κ2) is 2.89. The van der Waals surface area contributed by atoms with Crippen LogP contribution < -0.4 is 5.73 Å². The average Bonchev–Trinajstić information content (AvgIpc) is 2.42. The van der Waals surface area contributed by atoms with E-state index in [2.05, 4.69) is 18.8 Å². The number of ether oxygens (including phenoxy) is 1. The summed E-state index contributed by atoms with van der Waals surface area (Å²) in [5.41, 5.74) is 5.52. The summed E-state index contributed by atoms with van der Waals surface area (Å²) in [6.45, 7) is 5.38. The van der Waals surface area contributed by atoms with Crippen molar-refractivity contribution < 1.29 is 4.74 Å². The van der Waals surface area contributed by atoms with E-state index in [9.17, 15) is 0 Å². The molecule has 3 atom stereocenters. The van der Waals surface area contributed by atoms with E-state index >= 15 is 0 Å². The number of amidine groups is 1. The summed E-state index contributed by atoms with van der Waals surface area (Å²) in [5.74, 6) is 1.55. The molecule has 13 heavy (non-hydrogen) atoms. The van der Waals surface area contributed by atoms with Crippen LogP contribution in [-0.2, 0) is 4.74 Å². The van der Waals surface area contributed by atoms with E-state index in [1.807, 2.05) is 0 Å². The van der Waals surface area contributed by atoms with Gasteiger partial charge in [0.15, 0.2) is 0 Å². The van der Waals surface area contributed by atoms with Gasteiger partial charge in [-0.2, -0.15) is 0 Å². The third kappa shape index (κ3) is 1.52. The van der Waals surface area contributed by atoms with Crippen LogP contribution >= 0.6 is 0 Å². The summed E-state index contributed by atoms with van der Waals surface area (Å²) in [7, 11) is 0. The Bertz CT molecular complexity index is 239. The Hall–Kier alpha value is -0.730. The van der Waals surface area contributed by atoms with Gasteiger partial charge in [0.1, 0.15) is 5.60 Å². The quantitative estimate of drug-likeness (QED) is 0.617. The average molecular weight is 182 g/mol. The highest BCUT2D eigenvalue weighted by atomic mass is 16.5. The monoisotopic (exact) mass is 182 g/mol. The molecule has 1 aliphatic heterocycles. The van der Waals surface area contributed by atoms with Gasteiger partial charge in [0.05, 0.1) is 6.54 Å². The van der Waals surface area contributed by atoms with E-state index in [-0.39, 0.29) is 5.60 Å². The highest BCUT2D eigenvalue weighted by molar-refractivity contribution is 5.73. The molecule has 3 nitrogen and oxygen atoms in total. The number of hydrogen-bond donors (Lipinski definition) is 1. The van der Waals surface area contributed by atoms with Gasteiger partial charge in [0.25, 0.3) is 6.02 Å². The highest BCUT2D eigenvalue weighted by Crippen LogP contribution is 2.40. The standard InChI is InChI=1S/C10H18N2O/c1-7-3-4-10(5-8(7)2)6-12-9(11)13-10/h7-8H,3-6H2,1-2H3,(H2,11,12). The topological polar surface area (TPSA) is 47.6 Å². The van der Waals surface area contributed by atoms with Crippen LogP contribution in [0.1, 0.15) is 33.1 Å². The van der Waals surface area contributed by atoms with E-state index in [0.717, 1.165) is 31.2 Å². The van der Waals surface area contributed by atoms with Gasteiger partial charge in [-0.1, -0.05) is 13.8 Å². The maximum atomic E-state index is 5.64. The Morgan fingerprint density at radius 1 is 1.46 bits per heavy atom. The first-order chi connectivity index (χ1) is 6.11. The predicted molar refractivity (Wildman–Crippen MR) is 52.5 cm³/mol. The van der Waals surface area contributed by atoms with Crippen LogP contribution in [0, 0.1) is 11.8 Å². The molecule has 2 rings (SSSR count). The number of aliphatic imine (C=N–C) groups is 1. The lowest BCUT2D eigenvalue weighted by Gasteiger charge is -2.38. The third-order valence-corrected chi connectivity index (χ3v) is 3.56. The zero-order chi connectivity index (χ0) is 9.47. The van der Waals surface area contributed by atoms with Crippen LogP contribution in [0.2, 0.25) is 0 Å². The number of rotatable bonds is 0. The summed E-state index contributed by atoms with van der Waals surface area (Å²) < 4.78 is 5.64. The molecule has 2 aliphatic rings. The minimum absolute atomic E-state index is 0.0317. The molecule has 0 amide bonds. The van der Waals surface area contributed by atoms with Crippen molar-refractivity contribution in [1.29, 1.82) is 0 Å². The molecular weight excluding hydrogens is 164 g/mol. The van der Waals surface area contributed by atoms with Gasteiger partial charge < -0.3 is 10.5 Å². The van der Waals surface area contributed by atoms with Crippen molar-refractivity contribution in [2.24, 2.45) is 22.6 Å². The summed E-state index contributed by atoms with van der Waals surface area (Å²) in [6, 6.07) is 0.391. The highest BCUT2D eigenvalue weighted by Gasteiger charge is 2.42. The fraction of sp³-hybridized carbons (Fsp3) is 0.900. The van der Waals surface area contributed by atoms with Crippen LogP contribution in [0.15, 0.2) is 4.99 Å². The lowest BCUT2D eigenvalue weighted by molar-refractivity contribution is 0.00723. The molecular formula is C10H18N2O. The molecule has 1 spiro atoms. The van der Waals surface area contributed by atoms with E-state index < -0.39 is 0 Å². The summed E-state index contributed by atoms with van der Waals surface area (Å²) >= 11 is 0. The van der Waals surface area contributed by atoms with Crippen LogP contribution in [0.3, 0.4) is 0 Å². The van der Waals surface area contributed by atoms with E-state index in [1.165, 1.54) is 6.42 Å². The lowest BCUT2D eigenvalue weighted by atomic mass is 9.73. The van der Waals surface area contributed by atoms with E-state index in [1.54, 1.807) is 0 Å². The van der Waals surface area contributed by atoms with Gasteiger partial charge in [0.2, 0.25) is 0 Å². The van der Waals surface area contributed by atoms with Gasteiger partial charge in [0, 0.05) is 0 Å². The zero-order valence-corrected chi connectivity index (χ0v) is 8.42. The van der Waals surface area contributed by atoms with Crippen molar-refractivity contribution in [3.05, 3.63) is 0 Å². The van der Waals surface area contributed by atoms with Crippen molar-refractivity contribution in [2.75, 3.05) is 6.54 Å². The Morgan fingerprint density at radius 3 is 2.77 bits per heavy atom. The molecule has 0 aromatic heterocycles. The Balaban J connectivity index is 2.03. The summed E-state index contributed by atoms with van der Waals surface area (Å²) in [5, 5.41) is 0. The maximum absolute atomic E-state index is 5.64. The van der Waals surface area contributed by atoms with Gasteiger partial charge in [-0.15, -0.1) is 0 Å². The largest absolute Gasteiger partial charge is 0.457 e. The van der Waals surface area contributed by atoms with Crippen LogP contribution in [0.5, 0.6) is 0 Å². The Labute approximate surface area is 79.4 Å². The molecule has 1 aliphatic carbocycles. The van der Waals surface area contributed by atoms with E-state index in [4.69, 9.17) is 10.5 Å². The van der Waals surface area contributed by atoms with Crippen LogP contribution in [-0.4, -0.2) is 18.2 Å². The van der Waals surface area contributed by atoms with Crippen molar-refractivity contribution in [3.8, 4) is 0 Å². The lowest BCUT2D eigenvalue weighted by Crippen LogP contribution is -2.41. The molecule has 3 heteroatoms. The molecule has 74 valence electrons. The molecule has 0 radical (unpaired) electrons. The molecule has 2 N–H and O–H groups in total. The Morgan fingerprint density at radius 2 is 2.23 bits per heavy atom. The van der Waals surface area contributed by atoms with Crippen molar-refractivity contribution >= 4 is 6.02 Å². The van der Waals surface area contributed by atoms with Crippen molar-refractivity contribution in [2.45, 2.75) is 38.7 Å². The second-order valence-electron chi connectivity index (χ2n) is 4.64.